The van der Waals surface area contributed by atoms with Crippen molar-refractivity contribution >= 4 is 35.1 Å². The number of nitriles is 2. The van der Waals surface area contributed by atoms with Crippen molar-refractivity contribution < 1.29 is 46.9 Å². The molecule has 7 heterocycles. The molecule has 0 aromatic heterocycles. The van der Waals surface area contributed by atoms with Gasteiger partial charge in [-0.2, -0.15) is 10.5 Å². The van der Waals surface area contributed by atoms with Gasteiger partial charge < -0.3 is 38.5 Å². The zero-order valence-corrected chi connectivity index (χ0v) is 33.2. The van der Waals surface area contributed by atoms with E-state index in [1.165, 1.54) is 51.4 Å². The van der Waals surface area contributed by atoms with Gasteiger partial charge in [-0.15, -0.1) is 0 Å². The van der Waals surface area contributed by atoms with Crippen LogP contribution >= 0.6 is 0 Å². The van der Waals surface area contributed by atoms with Gasteiger partial charge in [0.15, 0.2) is 0 Å². The number of amides is 2. The van der Waals surface area contributed by atoms with E-state index in [-0.39, 0.29) is 40.9 Å². The molecule has 8 aliphatic rings. The molecule has 1 saturated heterocycles. The van der Waals surface area contributed by atoms with Crippen molar-refractivity contribution in [2.24, 2.45) is 17.3 Å². The first-order valence-electron chi connectivity index (χ1n) is 19.9. The molecule has 0 N–H and O–H groups in total. The van der Waals surface area contributed by atoms with Crippen molar-refractivity contribution in [1.29, 1.82) is 10.5 Å². The first-order chi connectivity index (χ1) is 28.9. The number of piperidine rings is 1. The third kappa shape index (κ3) is 4.89. The molecule has 8 unspecified atom stereocenters. The molecule has 10 rings (SSSR count). The Hall–Kier alpha value is -6.36. The normalized spacial score (nSPS) is 31.4. The minimum Gasteiger partial charge on any atom is -0.466 e. The summed E-state index contributed by atoms with van der Waals surface area (Å²) in [6, 6.07) is 11.3. The first-order valence-corrected chi connectivity index (χ1v) is 19.9. The molecule has 14 nitrogen and oxygen atoms in total. The molecule has 2 amide bonds. The first kappa shape index (κ1) is 39.1. The molecule has 1 aliphatic carbocycles. The summed E-state index contributed by atoms with van der Waals surface area (Å²) in [7, 11) is 2.30. The molecule has 7 aliphatic heterocycles. The van der Waals surface area contributed by atoms with Crippen LogP contribution in [-0.2, 0) is 49.3 Å². The molecule has 2 spiro atoms. The second kappa shape index (κ2) is 13.9. The van der Waals surface area contributed by atoms with Crippen molar-refractivity contribution in [3.05, 3.63) is 107 Å². The van der Waals surface area contributed by atoms with Crippen LogP contribution in [0.1, 0.15) is 50.7 Å². The van der Waals surface area contributed by atoms with Crippen LogP contribution < -0.4 is 9.80 Å². The summed E-state index contributed by atoms with van der Waals surface area (Å²) in [5.41, 5.74) is -5.54. The molecule has 60 heavy (non-hydrogen) atoms. The second-order valence-electron chi connectivity index (χ2n) is 15.9. The van der Waals surface area contributed by atoms with Crippen LogP contribution in [0, 0.1) is 51.5 Å². The van der Waals surface area contributed by atoms with Gasteiger partial charge in [0.1, 0.15) is 29.5 Å². The molecule has 0 radical (unpaired) electrons. The third-order valence-electron chi connectivity index (χ3n) is 13.0. The van der Waals surface area contributed by atoms with Crippen molar-refractivity contribution in [3.63, 3.8) is 0 Å². The monoisotopic (exact) mass is 818 g/mol. The number of halogens is 2. The lowest BCUT2D eigenvalue weighted by Gasteiger charge is -2.64. The van der Waals surface area contributed by atoms with E-state index in [0.29, 0.717) is 24.2 Å². The maximum atomic E-state index is 15.3. The summed E-state index contributed by atoms with van der Waals surface area (Å²) >= 11 is 0. The lowest BCUT2D eigenvalue weighted by Crippen LogP contribution is -2.73. The SMILES string of the molecule is CCCCN1C(=O)C2(OC3C4C5C(C#N)=CC(N6C=C(C(=O)OC)C7(OC56)C(=O)N(CCCC)c5ccc(F)cc57)C4(C#N)C=CN3C=C2C(=O)OC)c2cc(F)ccc21. The summed E-state index contributed by atoms with van der Waals surface area (Å²) in [5, 5.41) is 22.1. The van der Waals surface area contributed by atoms with Crippen LogP contribution in [0.5, 0.6) is 0 Å². The quantitative estimate of drug-likeness (QED) is 0.332. The molecule has 16 heteroatoms. The summed E-state index contributed by atoms with van der Waals surface area (Å²) in [6.07, 6.45) is 7.61. The number of carbonyl (C=O) groups is 4. The molecule has 308 valence electrons. The maximum Gasteiger partial charge on any atom is 0.339 e. The predicted molar refractivity (Wildman–Crippen MR) is 206 cm³/mol. The predicted octanol–water partition coefficient (Wildman–Crippen LogP) is 4.89. The van der Waals surface area contributed by atoms with Gasteiger partial charge in [-0.3, -0.25) is 9.59 Å². The number of anilines is 2. The molecule has 2 aromatic carbocycles. The Bertz CT molecular complexity index is 2490. The highest BCUT2D eigenvalue weighted by molar-refractivity contribution is 6.15. The van der Waals surface area contributed by atoms with Gasteiger partial charge in [-0.25, -0.2) is 18.4 Å². The summed E-state index contributed by atoms with van der Waals surface area (Å²) in [4.78, 5) is 63.6. The fourth-order valence-electron chi connectivity index (χ4n) is 10.3. The van der Waals surface area contributed by atoms with Gasteiger partial charge in [-0.05, 0) is 61.4 Å². The second-order valence-corrected chi connectivity index (χ2v) is 15.9. The fraction of sp³-hybridized carbons (Fsp3) is 0.409. The number of carbonyl (C=O) groups excluding carboxylic acids is 4. The van der Waals surface area contributed by atoms with Gasteiger partial charge in [-0.1, -0.05) is 26.7 Å². The molecule has 2 aromatic rings. The highest BCUT2D eigenvalue weighted by Crippen LogP contribution is 2.64. The lowest BCUT2D eigenvalue weighted by molar-refractivity contribution is -0.253. The lowest BCUT2D eigenvalue weighted by atomic mass is 9.54. The zero-order valence-electron chi connectivity index (χ0n) is 33.2. The van der Waals surface area contributed by atoms with E-state index in [9.17, 15) is 29.7 Å². The molecular formula is C44H40F2N6O8. The van der Waals surface area contributed by atoms with Crippen LogP contribution in [0.25, 0.3) is 0 Å². The minimum absolute atomic E-state index is 0.0662. The van der Waals surface area contributed by atoms with Gasteiger partial charge in [0, 0.05) is 60.2 Å². The van der Waals surface area contributed by atoms with Crippen LogP contribution in [0.4, 0.5) is 20.2 Å². The van der Waals surface area contributed by atoms with E-state index in [0.717, 1.165) is 39.2 Å². The number of hydrogen-bond donors (Lipinski definition) is 0. The third-order valence-corrected chi connectivity index (χ3v) is 13.0. The molecule has 8 atom stereocenters. The van der Waals surface area contributed by atoms with E-state index in [2.05, 4.69) is 12.1 Å². The van der Waals surface area contributed by atoms with Crippen LogP contribution in [-0.4, -0.2) is 79.4 Å². The smallest absolute Gasteiger partial charge is 0.339 e. The van der Waals surface area contributed by atoms with E-state index < -0.39 is 82.3 Å². The highest BCUT2D eigenvalue weighted by atomic mass is 19.1. The Kier molecular flexibility index (Phi) is 9.04. The van der Waals surface area contributed by atoms with E-state index in [1.54, 1.807) is 23.3 Å². The minimum atomic E-state index is -2.25. The summed E-state index contributed by atoms with van der Waals surface area (Å²) in [6.45, 7) is 4.36. The number of unbranched alkanes of at least 4 members (excludes halogenated alkanes) is 2. The average Bonchev–Trinajstić information content (AvgIpc) is 3.62. The van der Waals surface area contributed by atoms with E-state index in [1.807, 2.05) is 13.8 Å². The average molecular weight is 819 g/mol. The summed E-state index contributed by atoms with van der Waals surface area (Å²) in [5.74, 6) is -6.74. The highest BCUT2D eigenvalue weighted by Gasteiger charge is 2.72. The molecule has 2 bridgehead atoms. The molecular weight excluding hydrogens is 779 g/mol. The Morgan fingerprint density at radius 3 is 1.85 bits per heavy atom. The van der Waals surface area contributed by atoms with Crippen LogP contribution in [0.15, 0.2) is 83.9 Å². The number of ether oxygens (including phenoxy) is 4. The maximum absolute atomic E-state index is 15.3. The Labute approximate surface area is 344 Å². The number of rotatable bonds is 8. The number of nitrogens with zero attached hydrogens (tertiary/aromatic N) is 6. The Morgan fingerprint density at radius 1 is 0.817 bits per heavy atom. The van der Waals surface area contributed by atoms with Gasteiger partial charge in [0.25, 0.3) is 11.8 Å². The fourth-order valence-corrected chi connectivity index (χ4v) is 10.3. The van der Waals surface area contributed by atoms with Gasteiger partial charge in [0.05, 0.1) is 54.9 Å². The van der Waals surface area contributed by atoms with Crippen molar-refractivity contribution in [2.75, 3.05) is 37.1 Å². The van der Waals surface area contributed by atoms with Crippen molar-refractivity contribution in [1.82, 2.24) is 9.80 Å². The van der Waals surface area contributed by atoms with Crippen molar-refractivity contribution in [2.45, 2.75) is 69.2 Å². The standard InChI is InChI=1S/C44H40F2N6O8/c1-5-7-14-50-31-11-9-25(45)18-27(31)43(40(50)55)29(38(53)57-3)21-49-16-13-42(23-48)33-17-24(20-47)34(35(42)37(49)60-43)36-52(33)22-30(39(54)58-4)44(59-36)28-19-26(46)10-12-32(28)51(41(44)56)15-8-6-2/h9-13,16-19,21-22,33-37H,5-8,14-15H2,1-4H3. The Balaban J connectivity index is 1.25. The number of hydrogen-bond acceptors (Lipinski definition) is 12. The molecule has 1 fully saturated rings. The largest absolute Gasteiger partial charge is 0.466 e. The Morgan fingerprint density at radius 2 is 1.35 bits per heavy atom. The number of methoxy groups -OCH3 is 2. The van der Waals surface area contributed by atoms with Crippen LogP contribution in [0.2, 0.25) is 0 Å². The van der Waals surface area contributed by atoms with Gasteiger partial charge >= 0.3 is 11.9 Å². The van der Waals surface area contributed by atoms with E-state index >= 15 is 8.78 Å². The van der Waals surface area contributed by atoms with Crippen LogP contribution in [0.3, 0.4) is 0 Å². The van der Waals surface area contributed by atoms with Crippen molar-refractivity contribution in [3.8, 4) is 12.1 Å². The molecule has 0 saturated carbocycles. The summed E-state index contributed by atoms with van der Waals surface area (Å²) < 4.78 is 55.1. The number of benzene rings is 2. The zero-order chi connectivity index (χ0) is 42.5. The van der Waals surface area contributed by atoms with Gasteiger partial charge in [0.2, 0.25) is 11.2 Å². The topological polar surface area (TPSA) is 166 Å². The number of fused-ring (bicyclic) bond motifs is 5. The number of esters is 2. The van der Waals surface area contributed by atoms with E-state index in [4.69, 9.17) is 18.9 Å².